The Morgan fingerprint density at radius 3 is 2.55 bits per heavy atom. The first-order valence-electron chi connectivity index (χ1n) is 9.80. The minimum atomic E-state index is -3.55. The lowest BCUT2D eigenvalue weighted by molar-refractivity contribution is -0.120. The van der Waals surface area contributed by atoms with Gasteiger partial charge in [-0.1, -0.05) is 11.3 Å². The van der Waals surface area contributed by atoms with Crippen LogP contribution in [0.4, 0.5) is 5.13 Å². The van der Waals surface area contributed by atoms with Gasteiger partial charge in [-0.05, 0) is 61.6 Å². The number of sulfonamides is 1. The number of benzene rings is 2. The van der Waals surface area contributed by atoms with E-state index in [0.29, 0.717) is 31.1 Å². The number of hydrogen-bond donors (Lipinski definition) is 1. The second kappa shape index (κ2) is 9.15. The predicted molar refractivity (Wildman–Crippen MR) is 125 cm³/mol. The lowest BCUT2D eigenvalue weighted by atomic mass is 9.97. The van der Waals surface area contributed by atoms with Gasteiger partial charge in [0.05, 0.1) is 22.2 Å². The molecule has 1 saturated heterocycles. The van der Waals surface area contributed by atoms with Gasteiger partial charge in [-0.2, -0.15) is 4.31 Å². The molecule has 0 aliphatic carbocycles. The Kier molecular flexibility index (Phi) is 6.52. The normalized spacial score (nSPS) is 15.8. The molecule has 0 bridgehead atoms. The van der Waals surface area contributed by atoms with Gasteiger partial charge in [0.25, 0.3) is 0 Å². The molecule has 1 aliphatic rings. The number of carbonyl (C=O) groups is 1. The highest BCUT2D eigenvalue weighted by Gasteiger charge is 2.32. The third-order valence-corrected chi connectivity index (χ3v) is 8.94. The number of fused-ring (bicyclic) bond motifs is 1. The Morgan fingerprint density at radius 1 is 1.19 bits per heavy atom. The SMILES string of the molecule is COc1ccc2nc(NC(=O)C3CCN(S(=O)(=O)c4ccc(SC)cc4)CC3)sc2c1. The maximum absolute atomic E-state index is 12.9. The van der Waals surface area contributed by atoms with Crippen LogP contribution in [0.15, 0.2) is 52.3 Å². The van der Waals surface area contributed by atoms with E-state index in [1.807, 2.05) is 36.6 Å². The van der Waals surface area contributed by atoms with Crippen LogP contribution in [-0.4, -0.2) is 50.1 Å². The number of ether oxygens (including phenoxy) is 1. The molecule has 1 amide bonds. The van der Waals surface area contributed by atoms with Crippen molar-refractivity contribution in [1.82, 2.24) is 9.29 Å². The summed E-state index contributed by atoms with van der Waals surface area (Å²) in [6.07, 6.45) is 2.91. The summed E-state index contributed by atoms with van der Waals surface area (Å²) in [5.74, 6) is 0.380. The maximum atomic E-state index is 12.9. The highest BCUT2D eigenvalue weighted by atomic mass is 32.2. The van der Waals surface area contributed by atoms with Crippen molar-refractivity contribution in [3.8, 4) is 5.75 Å². The fraction of sp³-hybridized carbons (Fsp3) is 0.333. The van der Waals surface area contributed by atoms with E-state index in [2.05, 4.69) is 10.3 Å². The summed E-state index contributed by atoms with van der Waals surface area (Å²) in [6, 6.07) is 12.5. The fourth-order valence-electron chi connectivity index (χ4n) is 3.55. The third-order valence-electron chi connectivity index (χ3n) is 5.35. The summed E-state index contributed by atoms with van der Waals surface area (Å²) in [7, 11) is -1.94. The van der Waals surface area contributed by atoms with E-state index in [4.69, 9.17) is 4.74 Å². The summed E-state index contributed by atoms with van der Waals surface area (Å²) < 4.78 is 33.4. The number of anilines is 1. The Bertz CT molecular complexity index is 1180. The molecular weight excluding hydrogens is 454 g/mol. The molecule has 3 aromatic rings. The average molecular weight is 478 g/mol. The van der Waals surface area contributed by atoms with Crippen molar-refractivity contribution in [3.63, 3.8) is 0 Å². The molecule has 4 rings (SSSR count). The molecule has 1 aromatic heterocycles. The number of thiazole rings is 1. The van der Waals surface area contributed by atoms with Crippen molar-refractivity contribution in [2.45, 2.75) is 22.6 Å². The lowest BCUT2D eigenvalue weighted by Gasteiger charge is -2.30. The Labute approximate surface area is 189 Å². The number of methoxy groups -OCH3 is 1. The molecule has 0 saturated carbocycles. The molecule has 7 nitrogen and oxygen atoms in total. The molecule has 0 radical (unpaired) electrons. The zero-order valence-corrected chi connectivity index (χ0v) is 19.6. The number of nitrogens with zero attached hydrogens (tertiary/aromatic N) is 2. The van der Waals surface area contributed by atoms with Crippen molar-refractivity contribution in [2.24, 2.45) is 5.92 Å². The van der Waals surface area contributed by atoms with Crippen LogP contribution in [0.3, 0.4) is 0 Å². The molecule has 2 aromatic carbocycles. The fourth-order valence-corrected chi connectivity index (χ4v) is 6.32. The van der Waals surface area contributed by atoms with Crippen molar-refractivity contribution in [3.05, 3.63) is 42.5 Å². The topological polar surface area (TPSA) is 88.6 Å². The van der Waals surface area contributed by atoms with Crippen LogP contribution in [0.25, 0.3) is 10.2 Å². The van der Waals surface area contributed by atoms with Crippen LogP contribution in [0.5, 0.6) is 5.75 Å². The number of nitrogens with one attached hydrogen (secondary N) is 1. The van der Waals surface area contributed by atoms with Crippen LogP contribution >= 0.6 is 23.1 Å². The first-order chi connectivity index (χ1) is 14.9. The van der Waals surface area contributed by atoms with E-state index >= 15 is 0 Å². The molecule has 0 spiro atoms. The van der Waals surface area contributed by atoms with E-state index in [0.717, 1.165) is 20.9 Å². The minimum absolute atomic E-state index is 0.118. The quantitative estimate of drug-likeness (QED) is 0.539. The van der Waals surface area contributed by atoms with E-state index in [9.17, 15) is 13.2 Å². The van der Waals surface area contributed by atoms with Crippen LogP contribution < -0.4 is 10.1 Å². The van der Waals surface area contributed by atoms with Gasteiger partial charge in [0.1, 0.15) is 5.75 Å². The van der Waals surface area contributed by atoms with Crippen LogP contribution in [0.2, 0.25) is 0 Å². The van der Waals surface area contributed by atoms with Gasteiger partial charge in [0, 0.05) is 23.9 Å². The highest BCUT2D eigenvalue weighted by molar-refractivity contribution is 7.98. The molecule has 1 fully saturated rings. The molecule has 31 heavy (non-hydrogen) atoms. The number of piperidine rings is 1. The van der Waals surface area contributed by atoms with Crippen LogP contribution in [-0.2, 0) is 14.8 Å². The van der Waals surface area contributed by atoms with Crippen molar-refractivity contribution in [2.75, 3.05) is 31.8 Å². The molecule has 0 unspecified atom stereocenters. The van der Waals surface area contributed by atoms with Crippen molar-refractivity contribution < 1.29 is 17.9 Å². The molecule has 10 heteroatoms. The largest absolute Gasteiger partial charge is 0.497 e. The number of hydrogen-bond acceptors (Lipinski definition) is 7. The average Bonchev–Trinajstić information content (AvgIpc) is 3.20. The molecule has 2 heterocycles. The van der Waals surface area contributed by atoms with Gasteiger partial charge in [-0.25, -0.2) is 13.4 Å². The smallest absolute Gasteiger partial charge is 0.243 e. The summed E-state index contributed by atoms with van der Waals surface area (Å²) in [5, 5.41) is 3.43. The summed E-state index contributed by atoms with van der Waals surface area (Å²) >= 11 is 2.96. The number of aromatic nitrogens is 1. The van der Waals surface area contributed by atoms with Gasteiger partial charge < -0.3 is 10.1 Å². The van der Waals surface area contributed by atoms with Gasteiger partial charge in [-0.3, -0.25) is 4.79 Å². The van der Waals surface area contributed by atoms with Gasteiger partial charge >= 0.3 is 0 Å². The first kappa shape index (κ1) is 22.1. The van der Waals surface area contributed by atoms with Crippen molar-refractivity contribution in [1.29, 1.82) is 0 Å². The monoisotopic (exact) mass is 477 g/mol. The van der Waals surface area contributed by atoms with E-state index < -0.39 is 10.0 Å². The molecule has 1 N–H and O–H groups in total. The minimum Gasteiger partial charge on any atom is -0.497 e. The molecule has 1 aliphatic heterocycles. The second-order valence-electron chi connectivity index (χ2n) is 7.20. The second-order valence-corrected chi connectivity index (χ2v) is 11.0. The third kappa shape index (κ3) is 4.72. The number of carbonyl (C=O) groups excluding carboxylic acids is 1. The number of rotatable bonds is 6. The van der Waals surface area contributed by atoms with Gasteiger partial charge in [0.2, 0.25) is 15.9 Å². The van der Waals surface area contributed by atoms with Gasteiger partial charge in [-0.15, -0.1) is 11.8 Å². The number of thioether (sulfide) groups is 1. The molecular formula is C21H23N3O4S3. The zero-order chi connectivity index (χ0) is 22.0. The molecule has 0 atom stereocenters. The van der Waals surface area contributed by atoms with E-state index in [1.165, 1.54) is 15.6 Å². The van der Waals surface area contributed by atoms with E-state index in [-0.39, 0.29) is 16.7 Å². The van der Waals surface area contributed by atoms with Crippen LogP contribution in [0.1, 0.15) is 12.8 Å². The highest BCUT2D eigenvalue weighted by Crippen LogP contribution is 2.31. The standard InChI is InChI=1S/C21H23N3O4S3/c1-28-15-3-8-18-19(13-15)30-21(22-18)23-20(25)14-9-11-24(12-10-14)31(26,27)17-6-4-16(29-2)5-7-17/h3-8,13-14H,9-12H2,1-2H3,(H,22,23,25). The Balaban J connectivity index is 1.38. The summed E-state index contributed by atoms with van der Waals surface area (Å²) in [6.45, 7) is 0.642. The van der Waals surface area contributed by atoms with Crippen molar-refractivity contribution >= 4 is 54.4 Å². The Morgan fingerprint density at radius 2 is 1.90 bits per heavy atom. The molecule has 164 valence electrons. The maximum Gasteiger partial charge on any atom is 0.243 e. The van der Waals surface area contributed by atoms with E-state index in [1.54, 1.807) is 31.0 Å². The lowest BCUT2D eigenvalue weighted by Crippen LogP contribution is -2.41. The summed E-state index contributed by atoms with van der Waals surface area (Å²) in [4.78, 5) is 18.5. The number of amides is 1. The Hall–Kier alpha value is -2.14. The zero-order valence-electron chi connectivity index (χ0n) is 17.2. The summed E-state index contributed by atoms with van der Waals surface area (Å²) in [5.41, 5.74) is 0.800. The predicted octanol–water partition coefficient (Wildman–Crippen LogP) is 4.07. The first-order valence-corrected chi connectivity index (χ1v) is 13.3. The van der Waals surface area contributed by atoms with Gasteiger partial charge in [0.15, 0.2) is 5.13 Å². The van der Waals surface area contributed by atoms with Crippen LogP contribution in [0, 0.1) is 5.92 Å².